The minimum atomic E-state index is -3.73. The lowest BCUT2D eigenvalue weighted by Crippen LogP contribution is -2.50. The molecule has 5 rings (SSSR count). The van der Waals surface area contributed by atoms with Gasteiger partial charge < -0.3 is 20.5 Å². The number of ether oxygens (including phenoxy) is 2. The fourth-order valence-corrected chi connectivity index (χ4v) is 7.88. The van der Waals surface area contributed by atoms with Crippen LogP contribution in [-0.2, 0) is 24.3 Å². The Morgan fingerprint density at radius 1 is 1.16 bits per heavy atom. The van der Waals surface area contributed by atoms with Crippen molar-refractivity contribution in [3.05, 3.63) is 34.2 Å². The molecule has 3 fully saturated rings. The maximum atomic E-state index is 13.3. The van der Waals surface area contributed by atoms with E-state index in [2.05, 4.69) is 12.2 Å². The average molecular weight is 616 g/mol. The van der Waals surface area contributed by atoms with Gasteiger partial charge in [0, 0.05) is 30.1 Å². The zero-order chi connectivity index (χ0) is 31.2. The number of amidine groups is 1. The lowest BCUT2D eigenvalue weighted by molar-refractivity contribution is -0.137. The Labute approximate surface area is 254 Å². The molecule has 1 aliphatic carbocycles. The molecule has 0 radical (unpaired) electrons. The Kier molecular flexibility index (Phi) is 8.78. The molecule has 3 N–H and O–H groups in total. The quantitative estimate of drug-likeness (QED) is 0.477. The molecule has 236 valence electrons. The average Bonchev–Trinajstić information content (AvgIpc) is 3.44. The molecule has 1 aromatic rings. The summed E-state index contributed by atoms with van der Waals surface area (Å²) in [5.41, 5.74) is 7.80. The number of anilines is 1. The van der Waals surface area contributed by atoms with Gasteiger partial charge in [-0.1, -0.05) is 19.8 Å². The molecule has 1 aromatic carbocycles. The Morgan fingerprint density at radius 3 is 2.35 bits per heavy atom. The number of benzene rings is 1. The third kappa shape index (κ3) is 6.82. The van der Waals surface area contributed by atoms with Gasteiger partial charge in [-0.25, -0.2) is 13.2 Å². The van der Waals surface area contributed by atoms with Crippen LogP contribution in [0.25, 0.3) is 6.08 Å². The summed E-state index contributed by atoms with van der Waals surface area (Å²) < 4.78 is 39.6. The maximum Gasteiger partial charge on any atom is 0.319 e. The third-order valence-electron chi connectivity index (χ3n) is 9.33. The predicted molar refractivity (Wildman–Crippen MR) is 166 cm³/mol. The minimum Gasteiger partial charge on any atom is -0.351 e. The van der Waals surface area contributed by atoms with Gasteiger partial charge in [-0.2, -0.15) is 4.31 Å². The molecule has 43 heavy (non-hydrogen) atoms. The van der Waals surface area contributed by atoms with Crippen LogP contribution >= 0.6 is 0 Å². The number of hydrogen-bond donors (Lipinski definition) is 2. The Balaban J connectivity index is 1.25. The van der Waals surface area contributed by atoms with Crippen molar-refractivity contribution >= 4 is 39.6 Å². The molecule has 2 saturated heterocycles. The lowest BCUT2D eigenvalue weighted by atomic mass is 9.82. The van der Waals surface area contributed by atoms with E-state index in [1.165, 1.54) is 14.6 Å². The second-order valence-electron chi connectivity index (χ2n) is 13.1. The van der Waals surface area contributed by atoms with Gasteiger partial charge in [0.1, 0.15) is 17.5 Å². The third-order valence-corrected chi connectivity index (χ3v) is 10.9. The Hall–Kier alpha value is -2.80. The number of carbonyl (C=O) groups is 2. The van der Waals surface area contributed by atoms with Crippen LogP contribution in [0.15, 0.2) is 22.5 Å². The van der Waals surface area contributed by atoms with Gasteiger partial charge in [0.15, 0.2) is 5.79 Å². The summed E-state index contributed by atoms with van der Waals surface area (Å²) in [6.45, 7) is 10.7. The summed E-state index contributed by atoms with van der Waals surface area (Å²) in [4.78, 5) is 31.7. The Morgan fingerprint density at radius 2 is 1.79 bits per heavy atom. The monoisotopic (exact) mass is 615 g/mol. The number of hydrogen-bond acceptors (Lipinski definition) is 7. The topological polar surface area (TPSA) is 144 Å². The largest absolute Gasteiger partial charge is 0.351 e. The van der Waals surface area contributed by atoms with Crippen LogP contribution in [0.4, 0.5) is 10.5 Å². The van der Waals surface area contributed by atoms with Crippen molar-refractivity contribution in [3.63, 3.8) is 0 Å². The van der Waals surface area contributed by atoms with E-state index in [1.54, 1.807) is 6.08 Å². The van der Waals surface area contributed by atoms with E-state index < -0.39 is 27.4 Å². The van der Waals surface area contributed by atoms with Crippen molar-refractivity contribution < 1.29 is 27.5 Å². The number of primary amides is 1. The summed E-state index contributed by atoms with van der Waals surface area (Å²) >= 11 is 0. The maximum absolute atomic E-state index is 13.3. The van der Waals surface area contributed by atoms with Gasteiger partial charge in [0.2, 0.25) is 10.0 Å². The molecule has 3 heterocycles. The summed E-state index contributed by atoms with van der Waals surface area (Å²) in [6.07, 6.45) is 6.34. The molecule has 12 heteroatoms. The van der Waals surface area contributed by atoms with E-state index in [0.717, 1.165) is 48.2 Å². The fourth-order valence-electron chi connectivity index (χ4n) is 6.71. The minimum absolute atomic E-state index is 0.0965. The standard InChI is InChI=1S/C31H45N5O6S/c1-20-6-8-23(9-7-20)27-33-28(37)31(34-27)11-13-35(14-12-31)43(39,40)15-10-26-21(2)16-24(17-22(26)3)36(29(32)38)18-25-19-41-30(4,5)42-25/h10,15-17,20,23,25H,6-9,11-14,18-19H2,1-5H3,(H2,32,38)(H,33,34,37)/t20?,23?,25-/m0/s1. The second kappa shape index (κ2) is 11.9. The smallest absolute Gasteiger partial charge is 0.319 e. The van der Waals surface area contributed by atoms with E-state index in [9.17, 15) is 18.0 Å². The van der Waals surface area contributed by atoms with Gasteiger partial charge in [-0.15, -0.1) is 0 Å². The van der Waals surface area contributed by atoms with Crippen molar-refractivity contribution in [1.29, 1.82) is 0 Å². The van der Waals surface area contributed by atoms with Crippen LogP contribution in [-0.4, -0.2) is 74.2 Å². The normalized spacial score (nSPS) is 27.4. The lowest BCUT2D eigenvalue weighted by Gasteiger charge is -2.34. The van der Waals surface area contributed by atoms with Gasteiger partial charge >= 0.3 is 6.03 Å². The number of rotatable bonds is 7. The van der Waals surface area contributed by atoms with Crippen LogP contribution in [0.3, 0.4) is 0 Å². The van der Waals surface area contributed by atoms with Gasteiger partial charge in [-0.3, -0.25) is 14.7 Å². The number of urea groups is 1. The molecule has 0 unspecified atom stereocenters. The molecular weight excluding hydrogens is 570 g/mol. The first-order chi connectivity index (χ1) is 20.2. The van der Waals surface area contributed by atoms with E-state index in [1.807, 2.05) is 39.8 Å². The number of amides is 3. The number of aliphatic imine (C=N–C) groups is 1. The van der Waals surface area contributed by atoms with Gasteiger partial charge in [-0.05, 0) is 94.2 Å². The van der Waals surface area contributed by atoms with Crippen LogP contribution in [0, 0.1) is 25.7 Å². The molecule has 1 atom stereocenters. The number of sulfonamides is 1. The number of nitrogens with one attached hydrogen (secondary N) is 1. The zero-order valence-electron chi connectivity index (χ0n) is 25.9. The Bertz CT molecular complexity index is 1400. The van der Waals surface area contributed by atoms with Crippen LogP contribution in [0.1, 0.15) is 76.0 Å². The first kappa shape index (κ1) is 31.6. The van der Waals surface area contributed by atoms with Crippen molar-refractivity contribution in [2.45, 2.75) is 90.6 Å². The number of nitrogens with zero attached hydrogens (tertiary/aromatic N) is 3. The first-order valence-electron chi connectivity index (χ1n) is 15.3. The fraction of sp³-hybridized carbons (Fsp3) is 0.645. The van der Waals surface area contributed by atoms with E-state index in [-0.39, 0.29) is 37.6 Å². The van der Waals surface area contributed by atoms with E-state index in [4.69, 9.17) is 20.2 Å². The summed E-state index contributed by atoms with van der Waals surface area (Å²) in [5.74, 6) is 0.975. The number of carbonyl (C=O) groups excluding carboxylic acids is 2. The van der Waals surface area contributed by atoms with E-state index >= 15 is 0 Å². The molecular formula is C31H45N5O6S. The van der Waals surface area contributed by atoms with Crippen LogP contribution < -0.4 is 16.0 Å². The van der Waals surface area contributed by atoms with E-state index in [0.29, 0.717) is 31.1 Å². The molecule has 0 aromatic heterocycles. The van der Waals surface area contributed by atoms with Crippen molar-refractivity contribution in [2.75, 3.05) is 31.1 Å². The highest BCUT2D eigenvalue weighted by molar-refractivity contribution is 7.92. The molecule has 11 nitrogen and oxygen atoms in total. The van der Waals surface area contributed by atoms with Crippen molar-refractivity contribution in [1.82, 2.24) is 9.62 Å². The molecule has 3 aliphatic heterocycles. The number of piperidine rings is 1. The molecule has 1 spiro atoms. The summed E-state index contributed by atoms with van der Waals surface area (Å²) in [5, 5.41) is 4.26. The van der Waals surface area contributed by atoms with Crippen molar-refractivity contribution in [3.8, 4) is 0 Å². The van der Waals surface area contributed by atoms with Crippen LogP contribution in [0.5, 0.6) is 0 Å². The SMILES string of the molecule is Cc1cc(N(C[C@H]2COC(C)(C)O2)C(N)=O)cc(C)c1C=CS(=O)(=O)N1CCC2(CC1)N=C(C1CCC(C)CC1)NC2=O. The summed E-state index contributed by atoms with van der Waals surface area (Å²) in [7, 11) is -3.73. The molecule has 4 aliphatic rings. The van der Waals surface area contributed by atoms with Gasteiger partial charge in [0.25, 0.3) is 5.91 Å². The second-order valence-corrected chi connectivity index (χ2v) is 14.9. The number of aryl methyl sites for hydroxylation is 2. The first-order valence-corrected chi connectivity index (χ1v) is 16.8. The highest BCUT2D eigenvalue weighted by Gasteiger charge is 2.48. The highest BCUT2D eigenvalue weighted by Crippen LogP contribution is 2.36. The van der Waals surface area contributed by atoms with Gasteiger partial charge in [0.05, 0.1) is 13.2 Å². The molecule has 3 amide bonds. The number of nitrogens with two attached hydrogens (primary N) is 1. The zero-order valence-corrected chi connectivity index (χ0v) is 26.7. The van der Waals surface area contributed by atoms with Crippen molar-refractivity contribution in [2.24, 2.45) is 22.6 Å². The summed E-state index contributed by atoms with van der Waals surface area (Å²) in [6, 6.07) is 3.02. The van der Waals surface area contributed by atoms with Crippen LogP contribution in [0.2, 0.25) is 0 Å². The molecule has 0 bridgehead atoms. The molecule has 1 saturated carbocycles. The predicted octanol–water partition coefficient (Wildman–Crippen LogP) is 3.83. The highest BCUT2D eigenvalue weighted by atomic mass is 32.2.